The van der Waals surface area contributed by atoms with E-state index in [1.165, 1.54) is 4.90 Å². The Balaban J connectivity index is 2.45. The van der Waals surface area contributed by atoms with Crippen molar-refractivity contribution < 1.29 is 9.59 Å². The topological polar surface area (TPSA) is 63.4 Å². The van der Waals surface area contributed by atoms with Gasteiger partial charge in [-0.3, -0.25) is 14.5 Å². The number of nitrogens with zero attached hydrogens (tertiary/aromatic N) is 1. The molecule has 0 spiro atoms. The number of nitrogens with two attached hydrogens (primary N) is 1. The third-order valence-corrected chi connectivity index (χ3v) is 3.00. The highest BCUT2D eigenvalue weighted by Crippen LogP contribution is 2.26. The van der Waals surface area contributed by atoms with E-state index < -0.39 is 0 Å². The van der Waals surface area contributed by atoms with E-state index in [9.17, 15) is 9.59 Å². The fourth-order valence-corrected chi connectivity index (χ4v) is 2.05. The lowest BCUT2D eigenvalue weighted by Gasteiger charge is -2.21. The zero-order valence-electron chi connectivity index (χ0n) is 9.90. The van der Waals surface area contributed by atoms with Crippen LogP contribution in [-0.4, -0.2) is 11.8 Å². The molecule has 17 heavy (non-hydrogen) atoms. The third-order valence-electron chi connectivity index (χ3n) is 3.00. The summed E-state index contributed by atoms with van der Waals surface area (Å²) >= 11 is 0. The monoisotopic (exact) mass is 232 g/mol. The van der Waals surface area contributed by atoms with Crippen molar-refractivity contribution in [3.05, 3.63) is 23.8 Å². The summed E-state index contributed by atoms with van der Waals surface area (Å²) in [6.45, 7) is 1.88. The van der Waals surface area contributed by atoms with Gasteiger partial charge < -0.3 is 5.73 Å². The van der Waals surface area contributed by atoms with E-state index in [1.54, 1.807) is 12.1 Å². The molecule has 1 saturated heterocycles. The average Bonchev–Trinajstić information content (AvgIpc) is 2.44. The molecule has 0 unspecified atom stereocenters. The van der Waals surface area contributed by atoms with Gasteiger partial charge in [-0.1, -0.05) is 6.07 Å². The largest absolute Gasteiger partial charge is 0.399 e. The van der Waals surface area contributed by atoms with E-state index in [0.717, 1.165) is 18.4 Å². The number of rotatable bonds is 1. The number of nitrogen functional groups attached to an aromatic ring is 1. The number of aryl methyl sites for hydroxylation is 1. The molecular weight excluding hydrogens is 216 g/mol. The lowest BCUT2D eigenvalue weighted by Crippen LogP contribution is -2.35. The second-order valence-electron chi connectivity index (χ2n) is 4.38. The molecule has 0 saturated carbocycles. The maximum absolute atomic E-state index is 12.0. The molecule has 0 aliphatic carbocycles. The standard InChI is InChI=1S/C13H16N2O2/c1-9-6-7-10(14)8-11(9)15-12(16)4-2-3-5-13(15)17/h6-8H,2-5,14H2,1H3. The Morgan fingerprint density at radius 1 is 1.12 bits per heavy atom. The van der Waals surface area contributed by atoms with Crippen LogP contribution in [0.15, 0.2) is 18.2 Å². The van der Waals surface area contributed by atoms with Gasteiger partial charge in [-0.25, -0.2) is 0 Å². The van der Waals surface area contributed by atoms with E-state index in [0.29, 0.717) is 24.2 Å². The lowest BCUT2D eigenvalue weighted by molar-refractivity contribution is -0.125. The smallest absolute Gasteiger partial charge is 0.233 e. The number of hydrogen-bond acceptors (Lipinski definition) is 3. The highest BCUT2D eigenvalue weighted by molar-refractivity contribution is 6.15. The van der Waals surface area contributed by atoms with Gasteiger partial charge in [-0.05, 0) is 37.5 Å². The second-order valence-corrected chi connectivity index (χ2v) is 4.38. The van der Waals surface area contributed by atoms with Crippen molar-refractivity contribution in [3.63, 3.8) is 0 Å². The molecule has 0 bridgehead atoms. The summed E-state index contributed by atoms with van der Waals surface area (Å²) in [6.07, 6.45) is 2.42. The van der Waals surface area contributed by atoms with Crippen LogP contribution >= 0.6 is 0 Å². The average molecular weight is 232 g/mol. The molecular formula is C13H16N2O2. The van der Waals surface area contributed by atoms with Crippen LogP contribution in [0, 0.1) is 6.92 Å². The maximum Gasteiger partial charge on any atom is 0.233 e. The SMILES string of the molecule is Cc1ccc(N)cc1N1C(=O)CCCCC1=O. The molecule has 2 N–H and O–H groups in total. The number of imide groups is 1. The Morgan fingerprint density at radius 3 is 2.29 bits per heavy atom. The quantitative estimate of drug-likeness (QED) is 0.595. The first-order valence-corrected chi connectivity index (χ1v) is 5.81. The molecule has 0 radical (unpaired) electrons. The van der Waals surface area contributed by atoms with Gasteiger partial charge >= 0.3 is 0 Å². The van der Waals surface area contributed by atoms with Crippen molar-refractivity contribution >= 4 is 23.2 Å². The van der Waals surface area contributed by atoms with E-state index in [1.807, 2.05) is 13.0 Å². The molecule has 1 aromatic carbocycles. The molecule has 90 valence electrons. The molecule has 2 amide bonds. The summed E-state index contributed by atoms with van der Waals surface area (Å²) in [5.41, 5.74) is 7.80. The summed E-state index contributed by atoms with van der Waals surface area (Å²) in [5.74, 6) is -0.248. The third kappa shape index (κ3) is 2.30. The molecule has 1 heterocycles. The fourth-order valence-electron chi connectivity index (χ4n) is 2.05. The number of benzene rings is 1. The maximum atomic E-state index is 12.0. The summed E-state index contributed by atoms with van der Waals surface area (Å²) in [7, 11) is 0. The number of hydrogen-bond donors (Lipinski definition) is 1. The first-order valence-electron chi connectivity index (χ1n) is 5.81. The summed E-state index contributed by atoms with van der Waals surface area (Å²) in [5, 5.41) is 0. The van der Waals surface area contributed by atoms with Crippen LogP contribution in [0.5, 0.6) is 0 Å². The van der Waals surface area contributed by atoms with E-state index in [2.05, 4.69) is 0 Å². The van der Waals surface area contributed by atoms with Gasteiger partial charge in [0, 0.05) is 18.5 Å². The molecule has 4 heteroatoms. The number of amides is 2. The minimum atomic E-state index is -0.124. The normalized spacial score (nSPS) is 17.1. The number of carbonyl (C=O) groups is 2. The highest BCUT2D eigenvalue weighted by atomic mass is 16.2. The molecule has 4 nitrogen and oxygen atoms in total. The Hall–Kier alpha value is -1.84. The lowest BCUT2D eigenvalue weighted by atomic mass is 10.1. The molecule has 0 aromatic heterocycles. The van der Waals surface area contributed by atoms with Crippen molar-refractivity contribution in [1.29, 1.82) is 0 Å². The second kappa shape index (κ2) is 4.57. The first kappa shape index (κ1) is 11.6. The van der Waals surface area contributed by atoms with E-state index in [4.69, 9.17) is 5.73 Å². The van der Waals surface area contributed by atoms with Gasteiger partial charge in [0.15, 0.2) is 0 Å². The molecule has 1 fully saturated rings. The summed E-state index contributed by atoms with van der Waals surface area (Å²) < 4.78 is 0. The highest BCUT2D eigenvalue weighted by Gasteiger charge is 2.26. The van der Waals surface area contributed by atoms with Crippen LogP contribution in [-0.2, 0) is 9.59 Å². The predicted molar refractivity (Wildman–Crippen MR) is 66.6 cm³/mol. The van der Waals surface area contributed by atoms with Crippen molar-refractivity contribution in [2.24, 2.45) is 0 Å². The number of carbonyl (C=O) groups excluding carboxylic acids is 2. The minimum Gasteiger partial charge on any atom is -0.399 e. The van der Waals surface area contributed by atoms with Gasteiger partial charge in [0.2, 0.25) is 11.8 Å². The molecule has 1 aromatic rings. The Labute approximate surface area is 100 Å². The zero-order chi connectivity index (χ0) is 12.4. The van der Waals surface area contributed by atoms with Gasteiger partial charge in [0.25, 0.3) is 0 Å². The van der Waals surface area contributed by atoms with E-state index in [-0.39, 0.29) is 11.8 Å². The van der Waals surface area contributed by atoms with Crippen LogP contribution in [0.4, 0.5) is 11.4 Å². The predicted octanol–water partition coefficient (Wildman–Crippen LogP) is 2.01. The van der Waals surface area contributed by atoms with Crippen LogP contribution in [0.1, 0.15) is 31.2 Å². The Bertz CT molecular complexity index is 450. The summed E-state index contributed by atoms with van der Waals surface area (Å²) in [4.78, 5) is 25.2. The molecule has 1 aliphatic rings. The van der Waals surface area contributed by atoms with Crippen molar-refractivity contribution in [2.45, 2.75) is 32.6 Å². The Morgan fingerprint density at radius 2 is 1.71 bits per heavy atom. The fraction of sp³-hybridized carbons (Fsp3) is 0.385. The van der Waals surface area contributed by atoms with Crippen molar-refractivity contribution in [3.8, 4) is 0 Å². The van der Waals surface area contributed by atoms with Crippen LogP contribution < -0.4 is 10.6 Å². The molecule has 1 aliphatic heterocycles. The Kier molecular flexibility index (Phi) is 3.13. The zero-order valence-corrected chi connectivity index (χ0v) is 9.90. The number of anilines is 2. The van der Waals surface area contributed by atoms with E-state index >= 15 is 0 Å². The van der Waals surface area contributed by atoms with Gasteiger partial charge in [0.05, 0.1) is 5.69 Å². The van der Waals surface area contributed by atoms with Gasteiger partial charge in [-0.2, -0.15) is 0 Å². The first-order chi connectivity index (χ1) is 8.09. The van der Waals surface area contributed by atoms with Gasteiger partial charge in [0.1, 0.15) is 0 Å². The van der Waals surface area contributed by atoms with Gasteiger partial charge in [-0.15, -0.1) is 0 Å². The van der Waals surface area contributed by atoms with Crippen molar-refractivity contribution in [1.82, 2.24) is 0 Å². The molecule has 2 rings (SSSR count). The van der Waals surface area contributed by atoms with Crippen molar-refractivity contribution in [2.75, 3.05) is 10.6 Å². The van der Waals surface area contributed by atoms with Crippen LogP contribution in [0.25, 0.3) is 0 Å². The minimum absolute atomic E-state index is 0.124. The van der Waals surface area contributed by atoms with Crippen LogP contribution in [0.3, 0.4) is 0 Å². The summed E-state index contributed by atoms with van der Waals surface area (Å²) in [6, 6.07) is 5.29. The molecule has 0 atom stereocenters. The van der Waals surface area contributed by atoms with Crippen LogP contribution in [0.2, 0.25) is 0 Å².